The average Bonchev–Trinajstić information content (AvgIpc) is 2.48. The van der Waals surface area contributed by atoms with Crippen LogP contribution < -0.4 is 9.64 Å². The van der Waals surface area contributed by atoms with E-state index in [0.717, 1.165) is 18.7 Å². The van der Waals surface area contributed by atoms with Gasteiger partial charge in [-0.3, -0.25) is 0 Å². The van der Waals surface area contributed by atoms with Gasteiger partial charge in [0.05, 0.1) is 0 Å². The Balaban J connectivity index is 2.19. The Kier molecular flexibility index (Phi) is 5.26. The fourth-order valence-corrected chi connectivity index (χ4v) is 2.61. The molecule has 0 saturated carbocycles. The number of aryl methyl sites for hydroxylation is 2. The van der Waals surface area contributed by atoms with Crippen LogP contribution in [0.2, 0.25) is 0 Å². The van der Waals surface area contributed by atoms with Crippen LogP contribution in [0.3, 0.4) is 0 Å². The van der Waals surface area contributed by atoms with Crippen LogP contribution in [0.1, 0.15) is 31.9 Å². The minimum absolute atomic E-state index is 0.00417. The molecule has 0 spiro atoms. The van der Waals surface area contributed by atoms with Crippen molar-refractivity contribution in [1.29, 1.82) is 0 Å². The van der Waals surface area contributed by atoms with Gasteiger partial charge in [0.25, 0.3) is 0 Å². The second-order valence-corrected chi connectivity index (χ2v) is 5.30. The van der Waals surface area contributed by atoms with E-state index in [1.54, 1.807) is 0 Å². The highest BCUT2D eigenvalue weighted by molar-refractivity contribution is 5.49. The molecule has 0 radical (unpaired) electrons. The van der Waals surface area contributed by atoms with Gasteiger partial charge in [-0.1, -0.05) is 37.3 Å². The molecule has 0 fully saturated rings. The van der Waals surface area contributed by atoms with Gasteiger partial charge in [-0.2, -0.15) is 0 Å². The van der Waals surface area contributed by atoms with E-state index in [9.17, 15) is 0 Å². The molecule has 0 heterocycles. The van der Waals surface area contributed by atoms with Gasteiger partial charge in [0.1, 0.15) is 5.75 Å². The third-order valence-electron chi connectivity index (χ3n) is 3.76. The number of hydrogen-bond acceptors (Lipinski definition) is 2. The van der Waals surface area contributed by atoms with Gasteiger partial charge >= 0.3 is 0 Å². The van der Waals surface area contributed by atoms with Crippen molar-refractivity contribution in [2.45, 2.75) is 40.3 Å². The highest BCUT2D eigenvalue weighted by Gasteiger charge is 2.15. The summed E-state index contributed by atoms with van der Waals surface area (Å²) in [7, 11) is 0. The summed E-state index contributed by atoms with van der Waals surface area (Å²) in [4.78, 5) is 2.28. The van der Waals surface area contributed by atoms with E-state index in [-0.39, 0.29) is 6.23 Å². The Hall–Kier alpha value is -1.96. The van der Waals surface area contributed by atoms with Crippen molar-refractivity contribution in [3.05, 3.63) is 59.7 Å². The van der Waals surface area contributed by atoms with E-state index in [4.69, 9.17) is 4.74 Å². The zero-order valence-electron chi connectivity index (χ0n) is 13.5. The SMILES string of the molecule is CCc1ccccc1OC(C)N(CC)c1cccc(C)c1. The molecular weight excluding hydrogens is 258 g/mol. The standard InChI is InChI=1S/C19H25NO/c1-5-17-11-7-8-13-19(17)21-16(4)20(6-2)18-12-9-10-15(3)14-18/h7-14,16H,5-6H2,1-4H3. The summed E-state index contributed by atoms with van der Waals surface area (Å²) in [6.07, 6.45) is 0.990. The first-order valence-electron chi connectivity index (χ1n) is 7.73. The van der Waals surface area contributed by atoms with Crippen LogP contribution in [0.15, 0.2) is 48.5 Å². The van der Waals surface area contributed by atoms with Crippen molar-refractivity contribution in [2.24, 2.45) is 0 Å². The number of ether oxygens (including phenoxy) is 1. The van der Waals surface area contributed by atoms with Gasteiger partial charge < -0.3 is 9.64 Å². The molecule has 21 heavy (non-hydrogen) atoms. The molecule has 2 aromatic carbocycles. The van der Waals surface area contributed by atoms with Crippen molar-refractivity contribution < 1.29 is 4.74 Å². The summed E-state index contributed by atoms with van der Waals surface area (Å²) >= 11 is 0. The topological polar surface area (TPSA) is 12.5 Å². The van der Waals surface area contributed by atoms with E-state index in [2.05, 4.69) is 75.1 Å². The fourth-order valence-electron chi connectivity index (χ4n) is 2.61. The zero-order valence-corrected chi connectivity index (χ0v) is 13.5. The summed E-state index contributed by atoms with van der Waals surface area (Å²) in [6, 6.07) is 16.8. The van der Waals surface area contributed by atoms with E-state index in [1.165, 1.54) is 16.8 Å². The molecule has 2 heteroatoms. The molecule has 1 atom stereocenters. The molecule has 2 nitrogen and oxygen atoms in total. The van der Waals surface area contributed by atoms with Crippen LogP contribution in [0.5, 0.6) is 5.75 Å². The number of benzene rings is 2. The molecule has 0 aliphatic carbocycles. The third kappa shape index (κ3) is 3.78. The van der Waals surface area contributed by atoms with Crippen LogP contribution in [0.4, 0.5) is 5.69 Å². The summed E-state index contributed by atoms with van der Waals surface area (Å²) < 4.78 is 6.21. The smallest absolute Gasteiger partial charge is 0.169 e. The second-order valence-electron chi connectivity index (χ2n) is 5.30. The van der Waals surface area contributed by atoms with Gasteiger partial charge in [0.2, 0.25) is 0 Å². The van der Waals surface area contributed by atoms with Crippen molar-refractivity contribution in [3.63, 3.8) is 0 Å². The Morgan fingerprint density at radius 1 is 1.05 bits per heavy atom. The largest absolute Gasteiger partial charge is 0.471 e. The van der Waals surface area contributed by atoms with E-state index in [1.807, 2.05) is 6.07 Å². The monoisotopic (exact) mass is 283 g/mol. The van der Waals surface area contributed by atoms with Gasteiger partial charge in [-0.05, 0) is 56.5 Å². The lowest BCUT2D eigenvalue weighted by atomic mass is 10.1. The quantitative estimate of drug-likeness (QED) is 0.705. The number of nitrogens with zero attached hydrogens (tertiary/aromatic N) is 1. The van der Waals surface area contributed by atoms with Crippen molar-refractivity contribution in [1.82, 2.24) is 0 Å². The van der Waals surface area contributed by atoms with Crippen LogP contribution in [-0.2, 0) is 6.42 Å². The molecule has 2 rings (SSSR count). The normalized spacial score (nSPS) is 12.0. The average molecular weight is 283 g/mol. The van der Waals surface area contributed by atoms with Gasteiger partial charge in [0, 0.05) is 12.2 Å². The molecule has 112 valence electrons. The van der Waals surface area contributed by atoms with Crippen LogP contribution >= 0.6 is 0 Å². The summed E-state index contributed by atoms with van der Waals surface area (Å²) in [6.45, 7) is 9.46. The maximum Gasteiger partial charge on any atom is 0.169 e. The Bertz CT molecular complexity index is 579. The Labute approximate surface area is 128 Å². The summed E-state index contributed by atoms with van der Waals surface area (Å²) in [5, 5.41) is 0. The second kappa shape index (κ2) is 7.16. The minimum Gasteiger partial charge on any atom is -0.471 e. The van der Waals surface area contributed by atoms with Gasteiger partial charge in [-0.15, -0.1) is 0 Å². The fraction of sp³-hybridized carbons (Fsp3) is 0.368. The van der Waals surface area contributed by atoms with Gasteiger partial charge in [-0.25, -0.2) is 0 Å². The first-order valence-corrected chi connectivity index (χ1v) is 7.73. The minimum atomic E-state index is 0.00417. The highest BCUT2D eigenvalue weighted by atomic mass is 16.5. The highest BCUT2D eigenvalue weighted by Crippen LogP contribution is 2.24. The zero-order chi connectivity index (χ0) is 15.2. The van der Waals surface area contributed by atoms with E-state index >= 15 is 0 Å². The molecule has 0 amide bonds. The molecule has 0 aliphatic heterocycles. The Morgan fingerprint density at radius 3 is 2.48 bits per heavy atom. The van der Waals surface area contributed by atoms with E-state index in [0.29, 0.717) is 0 Å². The molecule has 0 aliphatic rings. The third-order valence-corrected chi connectivity index (χ3v) is 3.76. The van der Waals surface area contributed by atoms with Crippen LogP contribution in [-0.4, -0.2) is 12.8 Å². The van der Waals surface area contributed by atoms with Crippen LogP contribution in [0, 0.1) is 6.92 Å². The summed E-state index contributed by atoms with van der Waals surface area (Å²) in [5.41, 5.74) is 3.73. The molecule has 0 saturated heterocycles. The lowest BCUT2D eigenvalue weighted by Gasteiger charge is -2.31. The predicted octanol–water partition coefficient (Wildman–Crippen LogP) is 4.81. The molecule has 0 bridgehead atoms. The lowest BCUT2D eigenvalue weighted by molar-refractivity contribution is 0.214. The molecular formula is C19H25NO. The number of para-hydroxylation sites is 1. The van der Waals surface area contributed by atoms with Crippen molar-refractivity contribution in [2.75, 3.05) is 11.4 Å². The molecule has 1 unspecified atom stereocenters. The number of rotatable bonds is 6. The predicted molar refractivity (Wildman–Crippen MR) is 90.1 cm³/mol. The van der Waals surface area contributed by atoms with Crippen LogP contribution in [0.25, 0.3) is 0 Å². The molecule has 0 N–H and O–H groups in total. The maximum absolute atomic E-state index is 6.21. The van der Waals surface area contributed by atoms with Gasteiger partial charge in [0.15, 0.2) is 6.23 Å². The maximum atomic E-state index is 6.21. The molecule has 2 aromatic rings. The lowest BCUT2D eigenvalue weighted by Crippen LogP contribution is -2.37. The van der Waals surface area contributed by atoms with E-state index < -0.39 is 0 Å². The van der Waals surface area contributed by atoms with Crippen molar-refractivity contribution in [3.8, 4) is 5.75 Å². The first kappa shape index (κ1) is 15.4. The molecule has 0 aromatic heterocycles. The summed E-state index contributed by atoms with van der Waals surface area (Å²) in [5.74, 6) is 0.985. The number of anilines is 1. The number of hydrogen-bond donors (Lipinski definition) is 0. The Morgan fingerprint density at radius 2 is 1.81 bits per heavy atom. The van der Waals surface area contributed by atoms with Crippen molar-refractivity contribution >= 4 is 5.69 Å². The first-order chi connectivity index (χ1) is 10.2.